The van der Waals surface area contributed by atoms with Crippen molar-refractivity contribution in [1.29, 1.82) is 0 Å². The van der Waals surface area contributed by atoms with E-state index in [2.05, 4.69) is 20.8 Å². The van der Waals surface area contributed by atoms with E-state index >= 15 is 35.1 Å². The summed E-state index contributed by atoms with van der Waals surface area (Å²) in [5.74, 6) is -16.2. The van der Waals surface area contributed by atoms with Gasteiger partial charge in [0, 0.05) is 20.5 Å². The Labute approximate surface area is 238 Å². The van der Waals surface area contributed by atoms with Gasteiger partial charge in [0.2, 0.25) is 0 Å². The fraction of sp³-hybridized carbons (Fsp3) is 0.467. The van der Waals surface area contributed by atoms with Crippen LogP contribution in [0.2, 0.25) is 0 Å². The maximum absolute atomic E-state index is 15.2. The lowest BCUT2D eigenvalue weighted by molar-refractivity contribution is 0.359. The Morgan fingerprint density at radius 1 is 0.675 bits per heavy atom. The molecule has 0 amide bonds. The minimum atomic E-state index is -2.16. The van der Waals surface area contributed by atoms with Crippen LogP contribution < -0.4 is 0 Å². The average molecular weight is 609 g/mol. The number of rotatable bonds is 10. The molecule has 1 aliphatic rings. The van der Waals surface area contributed by atoms with Crippen LogP contribution in [0.25, 0.3) is 11.1 Å². The van der Waals surface area contributed by atoms with Crippen molar-refractivity contribution < 1.29 is 35.1 Å². The number of thioether (sulfide) groups is 2. The van der Waals surface area contributed by atoms with Crippen LogP contribution in [-0.4, -0.2) is 10.00 Å². The van der Waals surface area contributed by atoms with Gasteiger partial charge in [0.15, 0.2) is 46.5 Å². The van der Waals surface area contributed by atoms with Crippen LogP contribution in [0.4, 0.5) is 35.1 Å². The SMILES string of the molecule is CCC(C)(CC)SC1C=C(Sc2c(F)c(F)c(-c3c(F)c(F)c(C(C)(CC)CC)c(F)c3F)c(F)c2F)C=CC1. The molecule has 10 heteroatoms. The summed E-state index contributed by atoms with van der Waals surface area (Å²) in [6, 6.07) is 0. The molecule has 0 heterocycles. The molecular formula is C30H32F8S2. The van der Waals surface area contributed by atoms with Crippen LogP contribution >= 0.6 is 23.5 Å². The van der Waals surface area contributed by atoms with Gasteiger partial charge in [0.1, 0.15) is 0 Å². The van der Waals surface area contributed by atoms with Crippen LogP contribution in [0.5, 0.6) is 0 Å². The molecule has 220 valence electrons. The van der Waals surface area contributed by atoms with E-state index in [1.165, 1.54) is 6.92 Å². The van der Waals surface area contributed by atoms with Gasteiger partial charge in [-0.15, -0.1) is 11.8 Å². The summed E-state index contributed by atoms with van der Waals surface area (Å²) in [6.45, 7) is 10.7. The molecule has 0 nitrogen and oxygen atoms in total. The van der Waals surface area contributed by atoms with Gasteiger partial charge in [0.05, 0.1) is 16.0 Å². The van der Waals surface area contributed by atoms with Crippen molar-refractivity contribution in [1.82, 2.24) is 0 Å². The van der Waals surface area contributed by atoms with Crippen LogP contribution in [0, 0.1) is 46.5 Å². The first-order valence-electron chi connectivity index (χ1n) is 13.2. The quantitative estimate of drug-likeness (QED) is 0.194. The first kappa shape index (κ1) is 32.6. The Morgan fingerprint density at radius 3 is 1.55 bits per heavy atom. The normalized spacial score (nSPS) is 16.1. The van der Waals surface area contributed by atoms with Gasteiger partial charge in [-0.25, -0.2) is 35.1 Å². The molecule has 0 aromatic heterocycles. The topological polar surface area (TPSA) is 0 Å². The number of benzene rings is 2. The predicted octanol–water partition coefficient (Wildman–Crippen LogP) is 11.2. The molecule has 0 spiro atoms. The van der Waals surface area contributed by atoms with Gasteiger partial charge in [-0.1, -0.05) is 71.5 Å². The van der Waals surface area contributed by atoms with Crippen molar-refractivity contribution >= 4 is 23.5 Å². The molecule has 2 aromatic rings. The zero-order valence-corrected chi connectivity index (χ0v) is 24.8. The summed E-state index contributed by atoms with van der Waals surface area (Å²) in [6.07, 6.45) is 7.68. The molecule has 1 aliphatic carbocycles. The number of hydrogen-bond acceptors (Lipinski definition) is 2. The minimum Gasteiger partial charge on any atom is -0.203 e. The Morgan fingerprint density at radius 2 is 1.12 bits per heavy atom. The lowest BCUT2D eigenvalue weighted by Crippen LogP contribution is -2.25. The molecule has 0 aliphatic heterocycles. The maximum Gasteiger partial charge on any atom is 0.176 e. The fourth-order valence-electron chi connectivity index (χ4n) is 4.58. The van der Waals surface area contributed by atoms with Crippen LogP contribution in [-0.2, 0) is 5.41 Å². The van der Waals surface area contributed by atoms with E-state index in [4.69, 9.17) is 0 Å². The van der Waals surface area contributed by atoms with Crippen molar-refractivity contribution in [3.63, 3.8) is 0 Å². The van der Waals surface area contributed by atoms with Crippen LogP contribution in [0.1, 0.15) is 79.2 Å². The number of allylic oxidation sites excluding steroid dienone is 2. The van der Waals surface area contributed by atoms with Crippen molar-refractivity contribution in [3.8, 4) is 11.1 Å². The lowest BCUT2D eigenvalue weighted by Gasteiger charge is -2.30. The molecule has 0 radical (unpaired) electrons. The monoisotopic (exact) mass is 608 g/mol. The molecule has 3 rings (SSSR count). The van der Waals surface area contributed by atoms with Crippen LogP contribution in [0.15, 0.2) is 28.0 Å². The number of halogens is 8. The molecular weight excluding hydrogens is 576 g/mol. The third-order valence-corrected chi connectivity index (χ3v) is 10.9. The largest absolute Gasteiger partial charge is 0.203 e. The summed E-state index contributed by atoms with van der Waals surface area (Å²) in [7, 11) is 0. The second-order valence-corrected chi connectivity index (χ2v) is 13.3. The van der Waals surface area contributed by atoms with Crippen molar-refractivity contribution in [3.05, 3.63) is 75.2 Å². The highest BCUT2D eigenvalue weighted by Crippen LogP contribution is 2.46. The van der Waals surface area contributed by atoms with Crippen LogP contribution in [0.3, 0.4) is 0 Å². The summed E-state index contributed by atoms with van der Waals surface area (Å²) in [5, 5.41) is -0.0536. The highest BCUT2D eigenvalue weighted by Gasteiger charge is 2.39. The molecule has 0 saturated carbocycles. The first-order valence-corrected chi connectivity index (χ1v) is 14.9. The zero-order valence-electron chi connectivity index (χ0n) is 23.2. The first-order chi connectivity index (χ1) is 18.7. The summed E-state index contributed by atoms with van der Waals surface area (Å²) < 4.78 is 121. The molecule has 1 atom stereocenters. The molecule has 0 fully saturated rings. The van der Waals surface area contributed by atoms with Crippen molar-refractivity contribution in [2.45, 2.75) is 94.0 Å². The minimum absolute atomic E-state index is 0.0432. The van der Waals surface area contributed by atoms with Gasteiger partial charge in [-0.3, -0.25) is 0 Å². The Kier molecular flexibility index (Phi) is 10.2. The summed E-state index contributed by atoms with van der Waals surface area (Å²) in [4.78, 5) is -0.753. The second-order valence-electron chi connectivity index (χ2n) is 10.4. The van der Waals surface area contributed by atoms with E-state index in [0.717, 1.165) is 12.8 Å². The number of hydrogen-bond donors (Lipinski definition) is 0. The molecule has 0 bridgehead atoms. The standard InChI is InChI=1S/C30H32F8S2/c1-7-29(5,8-2)19-24(35)20(31)17(21(32)25(19)36)18-22(33)26(37)28(27(38)23(18)34)39-15-12-11-13-16(14-15)40-30(6,9-3)10-4/h11-12,14,16H,7-10,13H2,1-6H3. The van der Waals surface area contributed by atoms with E-state index in [-0.39, 0.29) is 22.8 Å². The zero-order chi connectivity index (χ0) is 30.2. The Bertz CT molecular complexity index is 1280. The highest BCUT2D eigenvalue weighted by molar-refractivity contribution is 8.03. The van der Waals surface area contributed by atoms with Crippen molar-refractivity contribution in [2.75, 3.05) is 0 Å². The van der Waals surface area contributed by atoms with Gasteiger partial charge >= 0.3 is 0 Å². The predicted molar refractivity (Wildman–Crippen MR) is 148 cm³/mol. The van der Waals surface area contributed by atoms with E-state index < -0.39 is 73.5 Å². The van der Waals surface area contributed by atoms with Gasteiger partial charge in [0.25, 0.3) is 0 Å². The van der Waals surface area contributed by atoms with E-state index in [0.29, 0.717) is 23.1 Å². The molecule has 1 unspecified atom stereocenters. The van der Waals surface area contributed by atoms with Gasteiger partial charge < -0.3 is 0 Å². The van der Waals surface area contributed by atoms with Crippen molar-refractivity contribution in [2.24, 2.45) is 0 Å². The van der Waals surface area contributed by atoms with E-state index in [1.54, 1.807) is 43.8 Å². The fourth-order valence-corrected chi connectivity index (χ4v) is 7.14. The molecule has 2 aromatic carbocycles. The highest BCUT2D eigenvalue weighted by atomic mass is 32.2. The summed E-state index contributed by atoms with van der Waals surface area (Å²) >= 11 is 2.09. The van der Waals surface area contributed by atoms with E-state index in [9.17, 15) is 0 Å². The third-order valence-electron chi connectivity index (χ3n) is 8.05. The lowest BCUT2D eigenvalue weighted by atomic mass is 9.76. The summed E-state index contributed by atoms with van der Waals surface area (Å²) in [5.41, 5.74) is -5.97. The Balaban J connectivity index is 2.13. The molecule has 0 saturated heterocycles. The van der Waals surface area contributed by atoms with Gasteiger partial charge in [-0.05, 0) is 37.5 Å². The maximum atomic E-state index is 15.2. The molecule has 40 heavy (non-hydrogen) atoms. The smallest absolute Gasteiger partial charge is 0.176 e. The Hall–Kier alpha value is -1.94. The third kappa shape index (κ3) is 5.85. The van der Waals surface area contributed by atoms with Gasteiger partial charge in [-0.2, -0.15) is 0 Å². The average Bonchev–Trinajstić information content (AvgIpc) is 2.95. The molecule has 0 N–H and O–H groups in total. The second kappa shape index (κ2) is 12.5. The van der Waals surface area contributed by atoms with E-state index in [1.807, 2.05) is 0 Å².